The van der Waals surface area contributed by atoms with Gasteiger partial charge in [-0.25, -0.2) is 9.13 Å². The molecule has 1 atom stereocenters. The lowest BCUT2D eigenvalue weighted by Crippen LogP contribution is -2.59. The van der Waals surface area contributed by atoms with Gasteiger partial charge in [0.05, 0.1) is 0 Å². The second-order valence-electron chi connectivity index (χ2n) is 2.13. The maximum Gasteiger partial charge on any atom is 0.453 e. The van der Waals surface area contributed by atoms with Crippen LogP contribution in [0.15, 0.2) is 0 Å². The van der Waals surface area contributed by atoms with E-state index in [0.29, 0.717) is 0 Å². The molecular weight excluding hydrogens is 213 g/mol. The third-order valence-electron chi connectivity index (χ3n) is 1.12. The molecule has 0 spiro atoms. The van der Waals surface area contributed by atoms with Crippen molar-refractivity contribution in [1.29, 1.82) is 0 Å². The van der Waals surface area contributed by atoms with Crippen molar-refractivity contribution < 1.29 is 40.2 Å². The lowest BCUT2D eigenvalue weighted by Gasteiger charge is -2.36. The van der Waals surface area contributed by atoms with E-state index in [-0.39, 0.29) is 0 Å². The van der Waals surface area contributed by atoms with Gasteiger partial charge in [-0.2, -0.15) is 26.3 Å². The fourth-order valence-corrected chi connectivity index (χ4v) is 0.544. The first-order chi connectivity index (χ1) is 5.58. The van der Waals surface area contributed by atoms with E-state index in [1.807, 2.05) is 0 Å². The van der Waals surface area contributed by atoms with Crippen LogP contribution in [-0.2, 0) is 9.47 Å². The molecule has 0 aromatic heterocycles. The maximum atomic E-state index is 11.9. The van der Waals surface area contributed by atoms with Gasteiger partial charge in [-0.05, 0) is 0 Å². The van der Waals surface area contributed by atoms with Gasteiger partial charge in [0.25, 0.3) is 6.36 Å². The van der Waals surface area contributed by atoms with E-state index in [2.05, 4.69) is 9.47 Å². The van der Waals surface area contributed by atoms with Gasteiger partial charge in [0.2, 0.25) is 0 Å². The number of rotatable bonds is 0. The molecule has 0 N–H and O–H groups in total. The second kappa shape index (κ2) is 2.47. The van der Waals surface area contributed by atoms with Crippen molar-refractivity contribution in [2.45, 2.75) is 24.7 Å². The fourth-order valence-electron chi connectivity index (χ4n) is 0.544. The number of halogens is 7. The summed E-state index contributed by atoms with van der Waals surface area (Å²) in [5, 5.41) is 0. The Morgan fingerprint density at radius 2 is 1.31 bits per heavy atom. The monoisotopic (exact) mass is 214 g/mol. The number of alkyl halides is 7. The first-order valence-electron chi connectivity index (χ1n) is 2.74. The zero-order valence-electron chi connectivity index (χ0n) is 5.54. The summed E-state index contributed by atoms with van der Waals surface area (Å²) >= 11 is 0. The molecule has 0 aromatic carbocycles. The molecule has 0 bridgehead atoms. The molecular formula is C4HF7O2. The molecule has 13 heavy (non-hydrogen) atoms. The maximum absolute atomic E-state index is 11.9. The average molecular weight is 214 g/mol. The van der Waals surface area contributed by atoms with Crippen LogP contribution in [0.2, 0.25) is 0 Å². The topological polar surface area (TPSA) is 18.5 Å². The summed E-state index contributed by atoms with van der Waals surface area (Å²) in [6, 6.07) is 0. The number of hydrogen-bond donors (Lipinski definition) is 0. The van der Waals surface area contributed by atoms with Crippen molar-refractivity contribution >= 4 is 0 Å². The molecule has 9 heteroatoms. The van der Waals surface area contributed by atoms with Gasteiger partial charge in [0.15, 0.2) is 0 Å². The zero-order chi connectivity index (χ0) is 10.5. The highest BCUT2D eigenvalue weighted by Crippen LogP contribution is 2.47. The van der Waals surface area contributed by atoms with Gasteiger partial charge in [-0.15, -0.1) is 0 Å². The molecule has 1 saturated heterocycles. The summed E-state index contributed by atoms with van der Waals surface area (Å²) < 4.78 is 88.1. The fraction of sp³-hybridized carbons (Fsp3) is 1.00. The predicted octanol–water partition coefficient (Wildman–Crippen LogP) is 2.11. The molecule has 1 rings (SSSR count). The van der Waals surface area contributed by atoms with Crippen LogP contribution in [0, 0.1) is 0 Å². The van der Waals surface area contributed by atoms with Crippen LogP contribution >= 0.6 is 0 Å². The smallest absolute Gasteiger partial charge is 0.270 e. The Bertz CT molecular complexity index is 215. The van der Waals surface area contributed by atoms with E-state index in [0.717, 1.165) is 0 Å². The minimum absolute atomic E-state index is 2.27. The van der Waals surface area contributed by atoms with Crippen LogP contribution in [0.3, 0.4) is 0 Å². The van der Waals surface area contributed by atoms with Crippen molar-refractivity contribution in [1.82, 2.24) is 0 Å². The third-order valence-corrected chi connectivity index (χ3v) is 1.12. The Labute approximate surface area is 66.2 Å². The van der Waals surface area contributed by atoms with Crippen molar-refractivity contribution in [2.75, 3.05) is 0 Å². The summed E-state index contributed by atoms with van der Waals surface area (Å²) in [6.45, 7) is 0. The Kier molecular flexibility index (Phi) is 2.00. The molecule has 0 saturated carbocycles. The molecule has 0 amide bonds. The van der Waals surface area contributed by atoms with Crippen LogP contribution in [0.5, 0.6) is 0 Å². The molecule has 78 valence electrons. The molecule has 1 fully saturated rings. The lowest BCUT2D eigenvalue weighted by atomic mass is 10.4. The highest BCUT2D eigenvalue weighted by molar-refractivity contribution is 4.77. The van der Waals surface area contributed by atoms with Crippen LogP contribution in [0.4, 0.5) is 30.7 Å². The summed E-state index contributed by atoms with van der Waals surface area (Å²) in [6.07, 6.45) is -20.0. The Hall–Kier alpha value is -0.570. The van der Waals surface area contributed by atoms with Gasteiger partial charge in [-0.3, -0.25) is 4.74 Å². The minimum atomic E-state index is -5.56. The van der Waals surface area contributed by atoms with Crippen LogP contribution in [-0.4, -0.2) is 24.7 Å². The predicted molar refractivity (Wildman–Crippen MR) is 21.9 cm³/mol. The summed E-state index contributed by atoms with van der Waals surface area (Å²) in [5.74, 6) is 0. The van der Waals surface area contributed by atoms with Crippen LogP contribution in [0.25, 0.3) is 0 Å². The normalized spacial score (nSPS) is 35.8. The Morgan fingerprint density at radius 1 is 0.846 bits per heavy atom. The van der Waals surface area contributed by atoms with Gasteiger partial charge in [-0.1, -0.05) is 0 Å². The van der Waals surface area contributed by atoms with E-state index in [9.17, 15) is 30.7 Å². The zero-order valence-corrected chi connectivity index (χ0v) is 5.54. The van der Waals surface area contributed by atoms with Crippen molar-refractivity contribution in [2.24, 2.45) is 0 Å². The standard InChI is InChI=1S/C4HF7O2/c5-1-2(6,7)13-4(10,11)3(8,9)12-1/h1H. The summed E-state index contributed by atoms with van der Waals surface area (Å²) in [7, 11) is 0. The Balaban J connectivity index is 2.93. The minimum Gasteiger partial charge on any atom is -0.270 e. The SMILES string of the molecule is FC1OC(F)(F)C(F)(F)OC1(F)F. The molecule has 0 radical (unpaired) electrons. The summed E-state index contributed by atoms with van der Waals surface area (Å²) in [4.78, 5) is 0. The molecule has 1 unspecified atom stereocenters. The molecule has 0 aliphatic carbocycles. The molecule has 1 heterocycles. The summed E-state index contributed by atoms with van der Waals surface area (Å²) in [5.41, 5.74) is 0. The number of hydrogen-bond acceptors (Lipinski definition) is 2. The van der Waals surface area contributed by atoms with Gasteiger partial charge in [0, 0.05) is 0 Å². The van der Waals surface area contributed by atoms with E-state index in [1.54, 1.807) is 0 Å². The number of ether oxygens (including phenoxy) is 2. The van der Waals surface area contributed by atoms with Gasteiger partial charge < -0.3 is 0 Å². The van der Waals surface area contributed by atoms with E-state index in [4.69, 9.17) is 0 Å². The van der Waals surface area contributed by atoms with E-state index < -0.39 is 24.7 Å². The van der Waals surface area contributed by atoms with Crippen LogP contribution < -0.4 is 0 Å². The van der Waals surface area contributed by atoms with Crippen LogP contribution in [0.1, 0.15) is 0 Å². The average Bonchev–Trinajstić information content (AvgIpc) is 1.80. The highest BCUT2D eigenvalue weighted by atomic mass is 19.3. The first-order valence-corrected chi connectivity index (χ1v) is 2.74. The van der Waals surface area contributed by atoms with Crippen molar-refractivity contribution in [3.05, 3.63) is 0 Å². The molecule has 1 aliphatic rings. The van der Waals surface area contributed by atoms with E-state index in [1.165, 1.54) is 0 Å². The molecule has 0 aromatic rings. The molecule has 1 aliphatic heterocycles. The third kappa shape index (κ3) is 1.57. The lowest BCUT2D eigenvalue weighted by molar-refractivity contribution is -0.561. The van der Waals surface area contributed by atoms with E-state index >= 15 is 0 Å². The quantitative estimate of drug-likeness (QED) is 0.575. The highest BCUT2D eigenvalue weighted by Gasteiger charge is 2.72. The van der Waals surface area contributed by atoms with Gasteiger partial charge >= 0.3 is 18.3 Å². The van der Waals surface area contributed by atoms with Crippen molar-refractivity contribution in [3.8, 4) is 0 Å². The van der Waals surface area contributed by atoms with Gasteiger partial charge in [0.1, 0.15) is 0 Å². The second-order valence-corrected chi connectivity index (χ2v) is 2.13. The van der Waals surface area contributed by atoms with Crippen molar-refractivity contribution in [3.63, 3.8) is 0 Å². The first kappa shape index (κ1) is 10.5. The Morgan fingerprint density at radius 3 is 1.69 bits per heavy atom. The molecule has 2 nitrogen and oxygen atoms in total. The largest absolute Gasteiger partial charge is 0.453 e.